The summed E-state index contributed by atoms with van der Waals surface area (Å²) < 4.78 is 82.4. The molecule has 0 spiro atoms. The number of cyclic esters (lactones) is 1. The third kappa shape index (κ3) is 14.9. The Kier molecular flexibility index (Phi) is 21.0. The second kappa shape index (κ2) is 25.3. The zero-order chi connectivity index (χ0) is 53.5. The average molecular weight is 1040 g/mol. The Hall–Kier alpha value is -2.93. The molecule has 17 atom stereocenters. The Morgan fingerprint density at radius 1 is 0.958 bits per heavy atom. The largest absolute Gasteiger partial charge is 0.494 e. The van der Waals surface area contributed by atoms with Gasteiger partial charge in [-0.25, -0.2) is 12.8 Å². The van der Waals surface area contributed by atoms with Crippen LogP contribution in [-0.2, 0) is 56.0 Å². The molecule has 3 saturated heterocycles. The van der Waals surface area contributed by atoms with E-state index in [9.17, 15) is 38.0 Å². The number of methoxy groups -OCH3 is 1. The minimum atomic E-state index is -3.94. The van der Waals surface area contributed by atoms with Crippen molar-refractivity contribution in [3.8, 4) is 5.75 Å². The van der Waals surface area contributed by atoms with Crippen molar-refractivity contribution in [1.82, 2.24) is 24.8 Å². The lowest BCUT2D eigenvalue weighted by atomic mass is 9.77. The first kappa shape index (κ1) is 59.9. The van der Waals surface area contributed by atoms with E-state index in [2.05, 4.69) is 15.2 Å². The van der Waals surface area contributed by atoms with E-state index in [1.165, 1.54) is 38.3 Å². The third-order valence-corrected chi connectivity index (χ3v) is 16.7. The van der Waals surface area contributed by atoms with Crippen LogP contribution < -0.4 is 4.74 Å². The highest BCUT2D eigenvalue weighted by molar-refractivity contribution is 7.91. The van der Waals surface area contributed by atoms with Crippen molar-refractivity contribution < 1.29 is 71.2 Å². The van der Waals surface area contributed by atoms with Gasteiger partial charge < -0.3 is 63.4 Å². The number of carbonyl (C=O) groups excluding carboxylic acids is 1. The highest BCUT2D eigenvalue weighted by Crippen LogP contribution is 2.40. The number of nitrogens with zero attached hydrogens (tertiary/aromatic N) is 5. The predicted molar refractivity (Wildman–Crippen MR) is 265 cm³/mol. The smallest absolute Gasteiger partial charge is 0.311 e. The normalized spacial score (nSPS) is 38.2. The molecular weight excluding hydrogens is 958 g/mol. The van der Waals surface area contributed by atoms with E-state index < -0.39 is 106 Å². The van der Waals surface area contributed by atoms with Crippen LogP contribution in [0.2, 0.25) is 0 Å². The maximum atomic E-state index is 14.5. The second-order valence-electron chi connectivity index (χ2n) is 21.7. The zero-order valence-corrected chi connectivity index (χ0v) is 45.7. The predicted octanol–water partition coefficient (Wildman–Crippen LogP) is 4.30. The molecule has 0 aliphatic carbocycles. The zero-order valence-electron chi connectivity index (χ0n) is 44.8. The van der Waals surface area contributed by atoms with Crippen LogP contribution >= 0.6 is 0 Å². The molecule has 19 nitrogen and oxygen atoms in total. The Bertz CT molecular complexity index is 2120. The van der Waals surface area contributed by atoms with Gasteiger partial charge in [0.05, 0.1) is 58.7 Å². The van der Waals surface area contributed by atoms with Crippen molar-refractivity contribution in [2.24, 2.45) is 17.8 Å². The van der Waals surface area contributed by atoms with Gasteiger partial charge in [-0.3, -0.25) is 9.48 Å². The molecule has 0 amide bonds. The second-order valence-corrected chi connectivity index (χ2v) is 23.6. The molecule has 0 unspecified atom stereocenters. The number of aromatic nitrogens is 3. The van der Waals surface area contributed by atoms with Gasteiger partial charge in [-0.15, -0.1) is 5.10 Å². The molecule has 0 bridgehead atoms. The molecule has 72 heavy (non-hydrogen) atoms. The Labute approximate surface area is 426 Å². The summed E-state index contributed by atoms with van der Waals surface area (Å²) in [4.78, 5) is 18.6. The lowest BCUT2D eigenvalue weighted by molar-refractivity contribution is -0.308. The summed E-state index contributed by atoms with van der Waals surface area (Å²) in [6.45, 7) is 19.9. The van der Waals surface area contributed by atoms with Crippen LogP contribution in [-0.4, -0.2) is 191 Å². The number of ether oxygens (including phenoxy) is 7. The molecule has 3 fully saturated rings. The molecule has 21 heteroatoms. The number of carbonyl (C=O) groups is 1. The number of hydrogen-bond donors (Lipinski definition) is 4. The van der Waals surface area contributed by atoms with Crippen molar-refractivity contribution in [3.63, 3.8) is 0 Å². The minimum Gasteiger partial charge on any atom is -0.494 e. The van der Waals surface area contributed by atoms with Crippen LogP contribution in [0.4, 0.5) is 4.39 Å². The van der Waals surface area contributed by atoms with Gasteiger partial charge in [0.2, 0.25) is 9.84 Å². The Balaban J connectivity index is 1.33. The number of benzene rings is 1. The van der Waals surface area contributed by atoms with Gasteiger partial charge in [-0.05, 0) is 112 Å². The number of esters is 1. The first-order valence-corrected chi connectivity index (χ1v) is 27.3. The van der Waals surface area contributed by atoms with Gasteiger partial charge in [0.25, 0.3) is 0 Å². The van der Waals surface area contributed by atoms with E-state index in [0.717, 1.165) is 12.1 Å². The van der Waals surface area contributed by atoms with E-state index in [1.807, 2.05) is 52.9 Å². The number of aliphatic hydroxyl groups excluding tert-OH is 2. The molecule has 412 valence electrons. The lowest BCUT2D eigenvalue weighted by Gasteiger charge is -2.48. The fourth-order valence-electron chi connectivity index (χ4n) is 10.9. The number of aryl methyl sites for hydroxylation is 1. The summed E-state index contributed by atoms with van der Waals surface area (Å²) in [5, 5.41) is 56.1. The topological polar surface area (TPSA) is 234 Å². The number of sulfone groups is 1. The standard InChI is InChI=1S/C51H86FN5O14S/c1-14-41-51(10,62)45(58)35(6)56(12)28-31(2)26-49(8,61)47(33(4)44(34(5)48(60)69-41)70-43-27-50(9,65-13)46(59)36(7)68-43)71-42-25-38(24-32(3)67-42)55(11)22-20-37-29-57(54-53-37)21-15-23-66-39-16-18-40(19-17-39)72(63,64)30-52/h16-19,29,31-36,38,41-47,58-59,61-62H,14-15,20-28,30H2,1-13H3/t31-,32-,33+,34-,35-,36+,38+,41-,42+,43+,44+,45-,46+,47-,49-,50-,51-/m1/s1. The van der Waals surface area contributed by atoms with Crippen molar-refractivity contribution in [2.45, 2.75) is 210 Å². The molecule has 3 aliphatic heterocycles. The summed E-state index contributed by atoms with van der Waals surface area (Å²) >= 11 is 0. The highest BCUT2D eigenvalue weighted by Gasteiger charge is 2.52. The minimum absolute atomic E-state index is 0.0232. The summed E-state index contributed by atoms with van der Waals surface area (Å²) in [6.07, 6.45) is -2.99. The fourth-order valence-corrected chi connectivity index (χ4v) is 11.6. The van der Waals surface area contributed by atoms with Crippen molar-refractivity contribution in [3.05, 3.63) is 36.2 Å². The molecule has 4 N–H and O–H groups in total. The number of likely N-dealkylation sites (N-methyl/N-ethyl adjacent to an activating group) is 2. The number of hydrogen-bond acceptors (Lipinski definition) is 18. The van der Waals surface area contributed by atoms with Crippen LogP contribution in [0.15, 0.2) is 35.4 Å². The van der Waals surface area contributed by atoms with Gasteiger partial charge in [0.1, 0.15) is 29.7 Å². The highest BCUT2D eigenvalue weighted by atomic mass is 32.2. The summed E-state index contributed by atoms with van der Waals surface area (Å²) in [7, 11) is 1.48. The summed E-state index contributed by atoms with van der Waals surface area (Å²) in [6, 6.07) is 3.67. The molecule has 4 heterocycles. The van der Waals surface area contributed by atoms with E-state index in [1.54, 1.807) is 39.3 Å². The van der Waals surface area contributed by atoms with Gasteiger partial charge in [-0.1, -0.05) is 26.0 Å². The Morgan fingerprint density at radius 3 is 2.28 bits per heavy atom. The number of halogens is 1. The SMILES string of the molecule is CC[C@H]1OC(=O)[C@H](C)[C@@H](O[C@H]2C[C@@](C)(OC)[C@@H](O)[C@H](C)O2)[C@H](C)[C@@H](O[C@H]2C[C@@H](N(C)CCc3cn(CCCOc4ccc(S(=O)(=O)CF)cc4)nn3)C[C@@H](C)O2)[C@](C)(O)C[C@@H](C)CN(C)[C@H](C)[C@@H](O)[C@]1(C)O. The number of alkyl halides is 1. The van der Waals surface area contributed by atoms with Crippen LogP contribution in [0.5, 0.6) is 5.75 Å². The molecule has 0 radical (unpaired) electrons. The van der Waals surface area contributed by atoms with Crippen LogP contribution in [0.3, 0.4) is 0 Å². The van der Waals surface area contributed by atoms with E-state index in [0.29, 0.717) is 51.3 Å². The maximum Gasteiger partial charge on any atom is 0.311 e. The quantitative estimate of drug-likeness (QED) is 0.128. The first-order valence-electron chi connectivity index (χ1n) is 25.7. The molecule has 5 rings (SSSR count). The summed E-state index contributed by atoms with van der Waals surface area (Å²) in [5.74, 6) is -2.07. The molecule has 0 saturated carbocycles. The number of aliphatic hydroxyl groups is 4. The fraction of sp³-hybridized carbons (Fsp3) is 0.824. The van der Waals surface area contributed by atoms with Crippen molar-refractivity contribution >= 4 is 15.8 Å². The maximum absolute atomic E-state index is 14.5. The van der Waals surface area contributed by atoms with Crippen LogP contribution in [0, 0.1) is 17.8 Å². The van der Waals surface area contributed by atoms with E-state index in [-0.39, 0.29) is 42.2 Å². The molecule has 1 aromatic carbocycles. The molecule has 3 aliphatic rings. The lowest BCUT2D eigenvalue weighted by Crippen LogP contribution is -2.59. The molecular formula is C51H86FN5O14S. The Morgan fingerprint density at radius 2 is 1.64 bits per heavy atom. The van der Waals surface area contributed by atoms with Crippen molar-refractivity contribution in [2.75, 3.05) is 46.9 Å². The van der Waals surface area contributed by atoms with E-state index in [4.69, 9.17) is 33.2 Å². The van der Waals surface area contributed by atoms with Crippen LogP contribution in [0.25, 0.3) is 0 Å². The van der Waals surface area contributed by atoms with Gasteiger partial charge in [0, 0.05) is 76.6 Å². The van der Waals surface area contributed by atoms with Crippen molar-refractivity contribution in [1.29, 1.82) is 0 Å². The third-order valence-electron chi connectivity index (χ3n) is 15.5. The number of rotatable bonds is 17. The monoisotopic (exact) mass is 1040 g/mol. The molecule has 1 aromatic heterocycles. The van der Waals surface area contributed by atoms with Crippen LogP contribution in [0.1, 0.15) is 113 Å². The van der Waals surface area contributed by atoms with Gasteiger partial charge in [-0.2, -0.15) is 0 Å². The molecule has 2 aromatic rings. The van der Waals surface area contributed by atoms with Gasteiger partial charge >= 0.3 is 5.97 Å². The first-order chi connectivity index (χ1) is 33.7. The summed E-state index contributed by atoms with van der Waals surface area (Å²) in [5.41, 5.74) is -3.57. The van der Waals surface area contributed by atoms with E-state index >= 15 is 0 Å². The average Bonchev–Trinajstić information content (AvgIpc) is 3.79. The van der Waals surface area contributed by atoms with Gasteiger partial charge in [0.15, 0.2) is 18.6 Å².